The number of amides is 1. The number of carbonyl (C=O) groups excluding carboxylic acids is 1. The van der Waals surface area contributed by atoms with Crippen LogP contribution in [0.5, 0.6) is 0 Å². The van der Waals surface area contributed by atoms with E-state index in [0.29, 0.717) is 11.4 Å². The van der Waals surface area contributed by atoms with Gasteiger partial charge < -0.3 is 10.4 Å². The van der Waals surface area contributed by atoms with Crippen molar-refractivity contribution in [2.24, 2.45) is 0 Å². The number of rotatable bonds is 7. The molecule has 1 unspecified atom stereocenters. The monoisotopic (exact) mass is 547 g/mol. The summed E-state index contributed by atoms with van der Waals surface area (Å²) in [5.41, 5.74) is 3.60. The summed E-state index contributed by atoms with van der Waals surface area (Å²) < 4.78 is 38.3. The molecule has 4 rings (SSSR count). The minimum atomic E-state index is -4.53. The second-order valence-corrected chi connectivity index (χ2v) is 10.5. The minimum Gasteiger partial charge on any atom is -0.480 e. The van der Waals surface area contributed by atoms with Crippen LogP contribution in [0.1, 0.15) is 47.8 Å². The summed E-state index contributed by atoms with van der Waals surface area (Å²) in [6, 6.07) is 17.6. The topological polar surface area (TPSA) is 92.2 Å². The standard InChI is InChI=1S/C31H28F3N3O3/c1-30(2,3)24-12-8-20(9-13-24)23-17-35-27(36-18-23)21-6-4-19(5-7-21)16-26(29(39)40)37-28(38)22-10-14-25(15-11-22)31(32,33)34/h4-15,17-18,26H,16H2,1-3H3,(H,37,38)(H,39,40). The molecule has 1 aromatic heterocycles. The maximum absolute atomic E-state index is 12.8. The third-order valence-electron chi connectivity index (χ3n) is 6.47. The Morgan fingerprint density at radius 1 is 0.775 bits per heavy atom. The first-order chi connectivity index (χ1) is 18.8. The predicted octanol–water partition coefficient (Wildman–Crippen LogP) is 6.55. The molecule has 0 bridgehead atoms. The average Bonchev–Trinajstić information content (AvgIpc) is 2.92. The van der Waals surface area contributed by atoms with Crippen molar-refractivity contribution in [3.63, 3.8) is 0 Å². The van der Waals surface area contributed by atoms with Gasteiger partial charge in [-0.05, 0) is 46.4 Å². The fourth-order valence-corrected chi connectivity index (χ4v) is 4.07. The molecule has 0 aliphatic rings. The molecule has 0 saturated heterocycles. The van der Waals surface area contributed by atoms with Gasteiger partial charge in [0.05, 0.1) is 5.56 Å². The third-order valence-corrected chi connectivity index (χ3v) is 6.47. The van der Waals surface area contributed by atoms with Crippen molar-refractivity contribution in [3.8, 4) is 22.5 Å². The number of nitrogens with one attached hydrogen (secondary N) is 1. The summed E-state index contributed by atoms with van der Waals surface area (Å²) in [7, 11) is 0. The van der Waals surface area contributed by atoms with Crippen molar-refractivity contribution >= 4 is 11.9 Å². The van der Waals surface area contributed by atoms with E-state index in [-0.39, 0.29) is 17.4 Å². The number of carboxylic acid groups (broad SMARTS) is 1. The normalized spacial score (nSPS) is 12.6. The van der Waals surface area contributed by atoms with Gasteiger partial charge in [0.1, 0.15) is 6.04 Å². The smallest absolute Gasteiger partial charge is 0.416 e. The molecule has 1 amide bonds. The molecule has 206 valence electrons. The Morgan fingerprint density at radius 3 is 1.80 bits per heavy atom. The lowest BCUT2D eigenvalue weighted by Crippen LogP contribution is -2.42. The number of aromatic nitrogens is 2. The molecule has 1 heterocycles. The first-order valence-corrected chi connectivity index (χ1v) is 12.5. The number of carbonyl (C=O) groups is 2. The Morgan fingerprint density at radius 2 is 1.30 bits per heavy atom. The second kappa shape index (κ2) is 11.3. The molecular weight excluding hydrogens is 519 g/mol. The highest BCUT2D eigenvalue weighted by Crippen LogP contribution is 2.29. The lowest BCUT2D eigenvalue weighted by molar-refractivity contribution is -0.139. The molecule has 1 atom stereocenters. The van der Waals surface area contributed by atoms with Crippen molar-refractivity contribution in [1.29, 1.82) is 0 Å². The Kier molecular flexibility index (Phi) is 8.04. The van der Waals surface area contributed by atoms with E-state index in [0.717, 1.165) is 41.0 Å². The van der Waals surface area contributed by atoms with Crippen LogP contribution >= 0.6 is 0 Å². The first kappa shape index (κ1) is 28.5. The van der Waals surface area contributed by atoms with Gasteiger partial charge in [-0.1, -0.05) is 69.3 Å². The molecule has 2 N–H and O–H groups in total. The number of benzene rings is 3. The molecule has 4 aromatic rings. The highest BCUT2D eigenvalue weighted by molar-refractivity contribution is 5.96. The van der Waals surface area contributed by atoms with E-state index >= 15 is 0 Å². The van der Waals surface area contributed by atoms with E-state index in [1.54, 1.807) is 36.7 Å². The summed E-state index contributed by atoms with van der Waals surface area (Å²) in [4.78, 5) is 33.2. The molecular formula is C31H28F3N3O3. The van der Waals surface area contributed by atoms with Crippen LogP contribution in [0.25, 0.3) is 22.5 Å². The van der Waals surface area contributed by atoms with Gasteiger partial charge in [-0.15, -0.1) is 0 Å². The highest BCUT2D eigenvalue weighted by atomic mass is 19.4. The van der Waals surface area contributed by atoms with Crippen molar-refractivity contribution in [1.82, 2.24) is 15.3 Å². The van der Waals surface area contributed by atoms with Gasteiger partial charge in [-0.3, -0.25) is 4.79 Å². The molecule has 0 radical (unpaired) electrons. The van der Waals surface area contributed by atoms with E-state index in [1.165, 1.54) is 5.56 Å². The van der Waals surface area contributed by atoms with Crippen LogP contribution in [0, 0.1) is 0 Å². The number of hydrogen-bond donors (Lipinski definition) is 2. The molecule has 0 aliphatic carbocycles. The Labute approximate surface area is 229 Å². The van der Waals surface area contributed by atoms with Crippen molar-refractivity contribution in [2.45, 2.75) is 44.8 Å². The molecule has 40 heavy (non-hydrogen) atoms. The lowest BCUT2D eigenvalue weighted by atomic mass is 9.86. The van der Waals surface area contributed by atoms with Crippen LogP contribution in [0.2, 0.25) is 0 Å². The summed E-state index contributed by atoms with van der Waals surface area (Å²) in [6.45, 7) is 6.48. The SMILES string of the molecule is CC(C)(C)c1ccc(-c2cnc(-c3ccc(CC(NC(=O)c4ccc(C(F)(F)F)cc4)C(=O)O)cc3)nc2)cc1. The van der Waals surface area contributed by atoms with E-state index in [1.807, 2.05) is 12.1 Å². The van der Waals surface area contributed by atoms with E-state index in [2.05, 4.69) is 48.2 Å². The van der Waals surface area contributed by atoms with Crippen molar-refractivity contribution < 1.29 is 27.9 Å². The van der Waals surface area contributed by atoms with Crippen LogP contribution in [-0.4, -0.2) is 33.0 Å². The number of aliphatic carboxylic acids is 1. The van der Waals surface area contributed by atoms with Crippen LogP contribution < -0.4 is 5.32 Å². The quantitative estimate of drug-likeness (QED) is 0.274. The van der Waals surface area contributed by atoms with Crippen LogP contribution in [-0.2, 0) is 22.8 Å². The summed E-state index contributed by atoms with van der Waals surface area (Å²) in [5.74, 6) is -1.54. The highest BCUT2D eigenvalue weighted by Gasteiger charge is 2.30. The zero-order chi connectivity index (χ0) is 29.1. The molecule has 0 fully saturated rings. The minimum absolute atomic E-state index is 0.0215. The average molecular weight is 548 g/mol. The van der Waals surface area contributed by atoms with Gasteiger partial charge in [0.25, 0.3) is 5.91 Å². The summed E-state index contributed by atoms with van der Waals surface area (Å²) in [6.07, 6.45) is -1.05. The van der Waals surface area contributed by atoms with Crippen molar-refractivity contribution in [2.75, 3.05) is 0 Å². The molecule has 0 aliphatic heterocycles. The van der Waals surface area contributed by atoms with Gasteiger partial charge in [0, 0.05) is 35.5 Å². The Hall–Kier alpha value is -4.53. The molecule has 6 nitrogen and oxygen atoms in total. The largest absolute Gasteiger partial charge is 0.480 e. The zero-order valence-corrected chi connectivity index (χ0v) is 22.2. The van der Waals surface area contributed by atoms with Gasteiger partial charge in [-0.25, -0.2) is 14.8 Å². The second-order valence-electron chi connectivity index (χ2n) is 10.5. The molecule has 0 saturated carbocycles. The first-order valence-electron chi connectivity index (χ1n) is 12.5. The van der Waals surface area contributed by atoms with E-state index in [4.69, 9.17) is 0 Å². The number of carboxylic acids is 1. The van der Waals surface area contributed by atoms with Gasteiger partial charge in [0.15, 0.2) is 5.82 Å². The Bertz CT molecular complexity index is 1480. The van der Waals surface area contributed by atoms with E-state index < -0.39 is 29.7 Å². The number of nitrogens with zero attached hydrogens (tertiary/aromatic N) is 2. The van der Waals surface area contributed by atoms with E-state index in [9.17, 15) is 27.9 Å². The molecule has 3 aromatic carbocycles. The number of hydrogen-bond acceptors (Lipinski definition) is 4. The fraction of sp³-hybridized carbons (Fsp3) is 0.226. The van der Waals surface area contributed by atoms with Crippen LogP contribution in [0.3, 0.4) is 0 Å². The maximum atomic E-state index is 12.8. The summed E-state index contributed by atoms with van der Waals surface area (Å²) >= 11 is 0. The van der Waals surface area contributed by atoms with Crippen LogP contribution in [0.4, 0.5) is 13.2 Å². The van der Waals surface area contributed by atoms with Gasteiger partial charge >= 0.3 is 12.1 Å². The predicted molar refractivity (Wildman–Crippen MR) is 146 cm³/mol. The molecule has 9 heteroatoms. The third kappa shape index (κ3) is 6.91. The van der Waals surface area contributed by atoms with Gasteiger partial charge in [-0.2, -0.15) is 13.2 Å². The number of alkyl halides is 3. The maximum Gasteiger partial charge on any atom is 0.416 e. The summed E-state index contributed by atoms with van der Waals surface area (Å²) in [5, 5.41) is 12.0. The molecule has 0 spiro atoms. The van der Waals surface area contributed by atoms with Gasteiger partial charge in [0.2, 0.25) is 0 Å². The Balaban J connectivity index is 1.41. The lowest BCUT2D eigenvalue weighted by Gasteiger charge is -2.19. The van der Waals surface area contributed by atoms with Crippen LogP contribution in [0.15, 0.2) is 85.2 Å². The zero-order valence-electron chi connectivity index (χ0n) is 22.2. The van der Waals surface area contributed by atoms with Crippen molar-refractivity contribution in [3.05, 3.63) is 107 Å². The number of halogens is 3. The fourth-order valence-electron chi connectivity index (χ4n) is 4.07.